The zero-order valence-corrected chi connectivity index (χ0v) is 50.4. The minimum absolute atomic E-state index is 0. The SMILES string of the molecule is CC1(C)CCCCN1Cc1ccc(F)cc1.CC1(C)CNCCN1Cc1ccc(F)cc1.Cl.O=C1CCCCN1.O=C1CCCCN1Cc1ccc(F)cc1.O=C1CNCCN1.O=S(=O)(O)C(F)(F)F.[Br-].[CH3-].[H-].[Mg+2].[Na+]. The number of nitrogens with one attached hydrogen (secondary N) is 4. The average Bonchev–Trinajstić information content (AvgIpc) is 3.29. The fraction of sp³-hybridized carbons (Fsp3) is 0.560. The molecule has 0 atom stereocenters. The largest absolute Gasteiger partial charge is 2.00 e. The number of hydrogen-bond acceptors (Lipinski definition) is 9. The van der Waals surface area contributed by atoms with Crippen molar-refractivity contribution in [3.63, 3.8) is 0 Å². The maximum atomic E-state index is 12.8. The van der Waals surface area contributed by atoms with Crippen molar-refractivity contribution >= 4 is 63.3 Å². The van der Waals surface area contributed by atoms with Crippen LogP contribution in [-0.4, -0.2) is 144 Å². The summed E-state index contributed by atoms with van der Waals surface area (Å²) in [6.45, 7) is 19.7. The van der Waals surface area contributed by atoms with Gasteiger partial charge in [0, 0.05) is 89.4 Å². The van der Waals surface area contributed by atoms with E-state index in [-0.39, 0.29) is 137 Å². The molecule has 5 heterocycles. The molecule has 0 aromatic heterocycles. The van der Waals surface area contributed by atoms with Crippen LogP contribution >= 0.6 is 12.4 Å². The zero-order chi connectivity index (χ0) is 51.1. The van der Waals surface area contributed by atoms with Crippen molar-refractivity contribution in [3.05, 3.63) is 114 Å². The van der Waals surface area contributed by atoms with Crippen molar-refractivity contribution in [1.82, 2.24) is 36.0 Å². The summed E-state index contributed by atoms with van der Waals surface area (Å²) in [5.74, 6) is -0.0169. The summed E-state index contributed by atoms with van der Waals surface area (Å²) in [4.78, 5) is 38.9. The molecule has 8 rings (SSSR count). The Balaban J connectivity index is -0.000000409. The maximum absolute atomic E-state index is 12.8. The van der Waals surface area contributed by atoms with Crippen molar-refractivity contribution in [2.24, 2.45) is 0 Å². The molecule has 0 unspecified atom stereocenters. The second-order valence-corrected chi connectivity index (χ2v) is 19.9. The number of halogens is 8. The Kier molecular flexibility index (Phi) is 39.6. The first kappa shape index (κ1) is 76.2. The molecule has 5 saturated heterocycles. The van der Waals surface area contributed by atoms with Crippen LogP contribution < -0.4 is 67.8 Å². The first-order chi connectivity index (χ1) is 32.4. The molecule has 412 valence electrons. The molecule has 0 spiro atoms. The molecule has 5 aliphatic heterocycles. The van der Waals surface area contributed by atoms with Gasteiger partial charge in [-0.25, -0.2) is 13.2 Å². The summed E-state index contributed by atoms with van der Waals surface area (Å²) >= 11 is 0. The molecule has 0 bridgehead atoms. The van der Waals surface area contributed by atoms with Gasteiger partial charge in [-0.2, -0.15) is 21.6 Å². The molecule has 3 aromatic carbocycles. The maximum Gasteiger partial charge on any atom is 2.00 e. The Labute approximate surface area is 492 Å². The Morgan fingerprint density at radius 3 is 1.41 bits per heavy atom. The van der Waals surface area contributed by atoms with E-state index in [0.717, 1.165) is 103 Å². The molecule has 24 heteroatoms. The van der Waals surface area contributed by atoms with Gasteiger partial charge in [0.15, 0.2) is 0 Å². The number of carbonyl (C=O) groups is 3. The molecular formula is C50H76BrClF6MgN7NaO6S. The number of nitrogens with zero attached hydrogens (tertiary/aromatic N) is 3. The molecule has 5 aliphatic rings. The normalized spacial score (nSPS) is 18.0. The van der Waals surface area contributed by atoms with Gasteiger partial charge >= 0.3 is 68.2 Å². The van der Waals surface area contributed by atoms with E-state index in [1.165, 1.54) is 54.7 Å². The predicted molar refractivity (Wildman–Crippen MR) is 275 cm³/mol. The Hall–Kier alpha value is -2.06. The van der Waals surface area contributed by atoms with Crippen LogP contribution in [0.3, 0.4) is 0 Å². The monoisotopic (exact) mass is 1180 g/mol. The summed E-state index contributed by atoms with van der Waals surface area (Å²) in [5, 5.41) is 11.7. The van der Waals surface area contributed by atoms with Crippen LogP contribution in [-0.2, 0) is 44.1 Å². The molecule has 5 N–H and O–H groups in total. The van der Waals surface area contributed by atoms with Crippen molar-refractivity contribution < 1.29 is 102 Å². The summed E-state index contributed by atoms with van der Waals surface area (Å²) in [6.07, 6.45) is 9.57. The van der Waals surface area contributed by atoms with Gasteiger partial charge in [0.1, 0.15) is 17.5 Å². The van der Waals surface area contributed by atoms with Crippen LogP contribution in [0.5, 0.6) is 0 Å². The van der Waals surface area contributed by atoms with Gasteiger partial charge in [-0.1, -0.05) is 42.8 Å². The third kappa shape index (κ3) is 30.8. The molecule has 3 aromatic rings. The Morgan fingerprint density at radius 2 is 1.05 bits per heavy atom. The van der Waals surface area contributed by atoms with E-state index < -0.39 is 15.6 Å². The molecule has 0 radical (unpaired) electrons. The van der Waals surface area contributed by atoms with Gasteiger partial charge in [-0.05, 0) is 126 Å². The van der Waals surface area contributed by atoms with Gasteiger partial charge < -0.3 is 52.0 Å². The van der Waals surface area contributed by atoms with E-state index in [4.69, 9.17) is 13.0 Å². The number of piperidine rings is 3. The van der Waals surface area contributed by atoms with Crippen LogP contribution in [0.4, 0.5) is 26.3 Å². The number of rotatable bonds is 6. The van der Waals surface area contributed by atoms with Crippen LogP contribution in [0, 0.1) is 24.9 Å². The molecule has 3 amide bonds. The number of alkyl halides is 3. The van der Waals surface area contributed by atoms with Gasteiger partial charge in [0.05, 0.1) is 6.54 Å². The van der Waals surface area contributed by atoms with Crippen molar-refractivity contribution in [2.75, 3.05) is 58.9 Å². The molecular weight excluding hydrogens is 1100 g/mol. The van der Waals surface area contributed by atoms with Crippen LogP contribution in [0.25, 0.3) is 0 Å². The number of hydrogen-bond donors (Lipinski definition) is 5. The van der Waals surface area contributed by atoms with E-state index in [1.54, 1.807) is 24.3 Å². The first-order valence-corrected chi connectivity index (χ1v) is 24.9. The van der Waals surface area contributed by atoms with Gasteiger partial charge in [0.25, 0.3) is 0 Å². The van der Waals surface area contributed by atoms with Gasteiger partial charge in [-0.15, -0.1) is 12.4 Å². The number of benzene rings is 3. The van der Waals surface area contributed by atoms with E-state index in [9.17, 15) is 40.7 Å². The number of piperazine rings is 2. The third-order valence-electron chi connectivity index (χ3n) is 11.9. The topological polar surface area (TPSA) is 163 Å². The third-order valence-corrected chi connectivity index (χ3v) is 12.5. The van der Waals surface area contributed by atoms with E-state index >= 15 is 0 Å². The van der Waals surface area contributed by atoms with Gasteiger partial charge in [0.2, 0.25) is 17.7 Å². The Bertz CT molecular complexity index is 2040. The van der Waals surface area contributed by atoms with Crippen LogP contribution in [0.1, 0.15) is 104 Å². The average molecular weight is 1180 g/mol. The summed E-state index contributed by atoms with van der Waals surface area (Å²) in [5.41, 5.74) is -1.70. The minimum Gasteiger partial charge on any atom is -1.00 e. The van der Waals surface area contributed by atoms with E-state index in [0.29, 0.717) is 19.5 Å². The van der Waals surface area contributed by atoms with Crippen molar-refractivity contribution in [2.45, 2.75) is 122 Å². The predicted octanol–water partition coefficient (Wildman–Crippen LogP) is 1.94. The smallest absolute Gasteiger partial charge is 1.00 e. The van der Waals surface area contributed by atoms with Crippen LogP contribution in [0.2, 0.25) is 0 Å². The van der Waals surface area contributed by atoms with E-state index in [2.05, 4.69) is 58.8 Å². The zero-order valence-electron chi connectivity index (χ0n) is 44.8. The number of carbonyl (C=O) groups excluding carboxylic acids is 3. The quantitative estimate of drug-likeness (QED) is 0.0812. The van der Waals surface area contributed by atoms with Crippen molar-refractivity contribution in [3.8, 4) is 0 Å². The number of likely N-dealkylation sites (tertiary alicyclic amines) is 2. The van der Waals surface area contributed by atoms with Gasteiger partial charge in [-0.3, -0.25) is 28.7 Å². The standard InChI is InChI=1S/C14H20FN.C13H19FN2.C12H14FNO.C5H9NO.C4H8N2O.CHF3O3S.CH3.BrH.ClH.Mg.Na.H/c1-14(2)9-3-4-10-16(14)11-12-5-7-13(15)8-6-12;1-13(2)10-15-7-8-16(13)9-11-3-5-12(14)6-4-11;13-11-6-4-10(5-7-11)9-14-8-2-1-3-12(14)15;7-5-3-1-2-4-6-5;7-4-3-5-1-2-6-4;2-1(3,4)8(5,6)7;;;;;;/h5-8H,3-4,9-11H2,1-2H3;3-6,15H,7-10H2,1-2H3;4-7H,1-3,8-9H2;1-4H2,(H,6,7);5H,1-3H2,(H,6,7);(H,5,6,7);1H3;2*1H;;;/q;;;;;;-1;;;+2;+1;-1/p-1. The fourth-order valence-electron chi connectivity index (χ4n) is 7.67. The van der Waals surface area contributed by atoms with Crippen LogP contribution in [0.15, 0.2) is 72.8 Å². The number of amides is 3. The molecule has 74 heavy (non-hydrogen) atoms. The summed E-state index contributed by atoms with van der Waals surface area (Å²) < 4.78 is 95.8. The second kappa shape index (κ2) is 38.5. The summed E-state index contributed by atoms with van der Waals surface area (Å²) in [7, 11) is -5.84. The molecule has 0 saturated carbocycles. The molecule has 0 aliphatic carbocycles. The second-order valence-electron chi connectivity index (χ2n) is 18.5. The van der Waals surface area contributed by atoms with E-state index in [1.807, 2.05) is 29.2 Å². The fourth-order valence-corrected chi connectivity index (χ4v) is 7.67. The summed E-state index contributed by atoms with van der Waals surface area (Å²) in [6, 6.07) is 20.0. The molecule has 13 nitrogen and oxygen atoms in total. The first-order valence-electron chi connectivity index (χ1n) is 23.4. The van der Waals surface area contributed by atoms with Crippen molar-refractivity contribution in [1.29, 1.82) is 0 Å². The Morgan fingerprint density at radius 1 is 0.608 bits per heavy atom. The molecule has 5 fully saturated rings. The minimum atomic E-state index is -5.84.